The summed E-state index contributed by atoms with van der Waals surface area (Å²) in [5.74, 6) is 1.07. The number of aryl methyl sites for hydroxylation is 2. The zero-order valence-corrected chi connectivity index (χ0v) is 19.8. The second-order valence-corrected chi connectivity index (χ2v) is 11.7. The second kappa shape index (κ2) is 9.86. The number of nitrogens with one attached hydrogen (secondary N) is 1. The monoisotopic (exact) mass is 443 g/mol. The summed E-state index contributed by atoms with van der Waals surface area (Å²) < 4.78 is 27.6. The molecule has 4 rings (SSSR count). The van der Waals surface area contributed by atoms with Crippen LogP contribution in [0.2, 0.25) is 0 Å². The first kappa shape index (κ1) is 22.5. The predicted molar refractivity (Wildman–Crippen MR) is 125 cm³/mol. The highest BCUT2D eigenvalue weighted by Crippen LogP contribution is 2.40. The minimum absolute atomic E-state index is 0.1000. The highest BCUT2D eigenvalue weighted by atomic mass is 32.2. The second-order valence-electron chi connectivity index (χ2n) is 9.81. The van der Waals surface area contributed by atoms with Gasteiger partial charge < -0.3 is 4.98 Å². The molecule has 0 bridgehead atoms. The van der Waals surface area contributed by atoms with Crippen LogP contribution in [0.3, 0.4) is 0 Å². The van der Waals surface area contributed by atoms with E-state index >= 15 is 0 Å². The van der Waals surface area contributed by atoms with Crippen molar-refractivity contribution in [3.8, 4) is 0 Å². The zero-order valence-electron chi connectivity index (χ0n) is 19.0. The van der Waals surface area contributed by atoms with Crippen molar-refractivity contribution < 1.29 is 8.42 Å². The number of imidazole rings is 1. The van der Waals surface area contributed by atoms with E-state index in [0.29, 0.717) is 18.4 Å². The van der Waals surface area contributed by atoms with E-state index in [1.807, 2.05) is 10.5 Å². The van der Waals surface area contributed by atoms with Gasteiger partial charge in [-0.1, -0.05) is 55.9 Å². The summed E-state index contributed by atoms with van der Waals surface area (Å²) in [6, 6.07) is 6.75. The average molecular weight is 444 g/mol. The van der Waals surface area contributed by atoms with Gasteiger partial charge in [-0.25, -0.2) is 13.4 Å². The van der Waals surface area contributed by atoms with Crippen LogP contribution in [0.4, 0.5) is 0 Å². The molecule has 0 radical (unpaired) electrons. The van der Waals surface area contributed by atoms with Crippen LogP contribution in [0.1, 0.15) is 86.1 Å². The Hall–Kier alpha value is -1.66. The smallest absolute Gasteiger partial charge is 0.211 e. The summed E-state index contributed by atoms with van der Waals surface area (Å²) in [7, 11) is -3.26. The summed E-state index contributed by atoms with van der Waals surface area (Å²) in [6.45, 7) is 2.62. The number of H-pyrrole nitrogens is 1. The van der Waals surface area contributed by atoms with Gasteiger partial charge in [-0.15, -0.1) is 0 Å². The van der Waals surface area contributed by atoms with Gasteiger partial charge in [0.2, 0.25) is 10.0 Å². The molecule has 1 saturated carbocycles. The number of aromatic nitrogens is 2. The lowest BCUT2D eigenvalue weighted by molar-refractivity contribution is 0.219. The van der Waals surface area contributed by atoms with E-state index in [0.717, 1.165) is 32.1 Å². The number of sulfonamides is 1. The van der Waals surface area contributed by atoms with Crippen LogP contribution in [0.25, 0.3) is 0 Å². The molecule has 2 atom stereocenters. The molecular formula is C25H37N3O2S. The van der Waals surface area contributed by atoms with Gasteiger partial charge in [0.05, 0.1) is 12.6 Å². The van der Waals surface area contributed by atoms with Crippen molar-refractivity contribution in [1.29, 1.82) is 0 Å². The van der Waals surface area contributed by atoms with Crippen LogP contribution in [-0.4, -0.2) is 35.0 Å². The van der Waals surface area contributed by atoms with Gasteiger partial charge in [0.1, 0.15) is 0 Å². The molecule has 0 amide bonds. The molecule has 170 valence electrons. The lowest BCUT2D eigenvalue weighted by Crippen LogP contribution is -2.40. The first-order valence-corrected chi connectivity index (χ1v) is 13.8. The van der Waals surface area contributed by atoms with E-state index in [2.05, 4.69) is 35.1 Å². The summed E-state index contributed by atoms with van der Waals surface area (Å²) >= 11 is 0. The Balaban J connectivity index is 1.59. The molecule has 1 unspecified atom stereocenters. The van der Waals surface area contributed by atoms with Gasteiger partial charge in [-0.3, -0.25) is 0 Å². The lowest BCUT2D eigenvalue weighted by atomic mass is 9.81. The van der Waals surface area contributed by atoms with Crippen LogP contribution < -0.4 is 0 Å². The molecule has 2 aliphatic rings. The summed E-state index contributed by atoms with van der Waals surface area (Å²) in [5.41, 5.74) is 4.93. The standard InChI is InChI=1S/C25H37N3O2S/c1-19-11-12-25-21(9-6-10-23-16-26-18-27-23)15-24(14-20-7-4-3-5-8-20)28(31(2,29)30)17-22(25)13-19/h11-13,16,18,20-21,24H,3-10,14-15,17H2,1-2H3,(H,26,27)/t21?,24-/m0/s1. The molecule has 0 spiro atoms. The summed E-state index contributed by atoms with van der Waals surface area (Å²) in [4.78, 5) is 7.34. The SMILES string of the molecule is Cc1ccc2c(c1)CN(S(C)(=O)=O)[C@@H](CC1CCCCC1)CC2CCCc1cnc[nH]1. The Bertz CT molecular complexity index is 949. The molecule has 1 fully saturated rings. The number of rotatable bonds is 7. The van der Waals surface area contributed by atoms with Gasteiger partial charge in [0, 0.05) is 24.5 Å². The Morgan fingerprint density at radius 1 is 1.19 bits per heavy atom. The van der Waals surface area contributed by atoms with Crippen molar-refractivity contribution in [3.05, 3.63) is 53.1 Å². The summed E-state index contributed by atoms with van der Waals surface area (Å²) in [5, 5.41) is 0. The number of benzene rings is 1. The number of hydrogen-bond acceptors (Lipinski definition) is 3. The third kappa shape index (κ3) is 5.78. The van der Waals surface area contributed by atoms with Crippen molar-refractivity contribution in [2.24, 2.45) is 5.92 Å². The number of aromatic amines is 1. The largest absolute Gasteiger partial charge is 0.348 e. The minimum Gasteiger partial charge on any atom is -0.348 e. The molecule has 1 aromatic carbocycles. The van der Waals surface area contributed by atoms with Crippen LogP contribution in [0, 0.1) is 12.8 Å². The predicted octanol–water partition coefficient (Wildman–Crippen LogP) is 5.33. The van der Waals surface area contributed by atoms with E-state index in [1.165, 1.54) is 60.7 Å². The van der Waals surface area contributed by atoms with E-state index in [-0.39, 0.29) is 6.04 Å². The van der Waals surface area contributed by atoms with Gasteiger partial charge >= 0.3 is 0 Å². The maximum atomic E-state index is 12.9. The number of hydrogen-bond donors (Lipinski definition) is 1. The fourth-order valence-electron chi connectivity index (χ4n) is 5.78. The molecule has 5 nitrogen and oxygen atoms in total. The van der Waals surface area contributed by atoms with Crippen molar-refractivity contribution >= 4 is 10.0 Å². The quantitative estimate of drug-likeness (QED) is 0.629. The molecule has 2 heterocycles. The molecule has 1 aliphatic carbocycles. The number of fused-ring (bicyclic) bond motifs is 1. The van der Waals surface area contributed by atoms with Gasteiger partial charge in [-0.2, -0.15) is 4.31 Å². The fraction of sp³-hybridized carbons (Fsp3) is 0.640. The molecule has 1 aliphatic heterocycles. The first-order chi connectivity index (χ1) is 14.9. The molecule has 1 N–H and O–H groups in total. The Morgan fingerprint density at radius 3 is 2.71 bits per heavy atom. The van der Waals surface area contributed by atoms with Crippen LogP contribution in [0.5, 0.6) is 0 Å². The molecule has 31 heavy (non-hydrogen) atoms. The van der Waals surface area contributed by atoms with Gasteiger partial charge in [-0.05, 0) is 62.0 Å². The molecule has 0 saturated heterocycles. The Kier molecular flexibility index (Phi) is 7.17. The highest BCUT2D eigenvalue weighted by molar-refractivity contribution is 7.88. The maximum absolute atomic E-state index is 12.9. The zero-order chi connectivity index (χ0) is 21.8. The third-order valence-electron chi connectivity index (χ3n) is 7.34. The molecule has 6 heteroatoms. The first-order valence-electron chi connectivity index (χ1n) is 11.9. The van der Waals surface area contributed by atoms with E-state index < -0.39 is 10.0 Å². The van der Waals surface area contributed by atoms with Gasteiger partial charge in [0.15, 0.2) is 0 Å². The minimum atomic E-state index is -3.26. The van der Waals surface area contributed by atoms with Crippen LogP contribution in [-0.2, 0) is 23.0 Å². The van der Waals surface area contributed by atoms with Gasteiger partial charge in [0.25, 0.3) is 0 Å². The summed E-state index contributed by atoms with van der Waals surface area (Å²) in [6.07, 6.45) is 16.6. The highest BCUT2D eigenvalue weighted by Gasteiger charge is 2.35. The maximum Gasteiger partial charge on any atom is 0.211 e. The Labute approximate surface area is 187 Å². The van der Waals surface area contributed by atoms with E-state index in [1.54, 1.807) is 6.33 Å². The van der Waals surface area contributed by atoms with E-state index in [4.69, 9.17) is 0 Å². The molecular weight excluding hydrogens is 406 g/mol. The fourth-order valence-corrected chi connectivity index (χ4v) is 6.87. The average Bonchev–Trinajstić information content (AvgIpc) is 3.19. The van der Waals surface area contributed by atoms with Crippen LogP contribution in [0.15, 0.2) is 30.7 Å². The number of nitrogens with zero attached hydrogens (tertiary/aromatic N) is 2. The molecule has 1 aromatic heterocycles. The van der Waals surface area contributed by atoms with Crippen LogP contribution >= 0.6 is 0 Å². The normalized spacial score (nSPS) is 23.4. The van der Waals surface area contributed by atoms with Crippen molar-refractivity contribution in [2.75, 3.05) is 6.26 Å². The van der Waals surface area contributed by atoms with E-state index in [9.17, 15) is 8.42 Å². The third-order valence-corrected chi connectivity index (χ3v) is 8.62. The lowest BCUT2D eigenvalue weighted by Gasteiger charge is -2.33. The van der Waals surface area contributed by atoms with Crippen molar-refractivity contribution in [2.45, 2.75) is 89.6 Å². The Morgan fingerprint density at radius 2 is 2.00 bits per heavy atom. The topological polar surface area (TPSA) is 66.1 Å². The van der Waals surface area contributed by atoms with Crippen molar-refractivity contribution in [1.82, 2.24) is 14.3 Å². The van der Waals surface area contributed by atoms with Crippen molar-refractivity contribution in [3.63, 3.8) is 0 Å². The molecule has 2 aromatic rings.